The average molecular weight is 394 g/mol. The van der Waals surface area contributed by atoms with Crippen molar-refractivity contribution < 1.29 is 4.39 Å². The lowest BCUT2D eigenvalue weighted by atomic mass is 9.97. The number of nitrogens with zero attached hydrogens (tertiary/aromatic N) is 4. The molecule has 6 heteroatoms. The van der Waals surface area contributed by atoms with Crippen LogP contribution < -0.4 is 5.32 Å². The number of aromatic nitrogens is 4. The van der Waals surface area contributed by atoms with Crippen molar-refractivity contribution in [2.45, 2.75) is 52.6 Å². The molecule has 152 valence electrons. The van der Waals surface area contributed by atoms with Gasteiger partial charge >= 0.3 is 0 Å². The van der Waals surface area contributed by atoms with E-state index in [4.69, 9.17) is 0 Å². The molecule has 2 aromatic heterocycles. The van der Waals surface area contributed by atoms with Crippen molar-refractivity contribution in [3.8, 4) is 0 Å². The fourth-order valence-electron chi connectivity index (χ4n) is 3.50. The highest BCUT2D eigenvalue weighted by molar-refractivity contribution is 5.86. The van der Waals surface area contributed by atoms with Crippen molar-refractivity contribution in [1.29, 1.82) is 0 Å². The Balaban J connectivity index is 1.84. The molecule has 0 saturated heterocycles. The molecule has 0 aliphatic rings. The minimum Gasteiger partial charge on any atom is -0.351 e. The van der Waals surface area contributed by atoms with E-state index in [0.717, 1.165) is 39.8 Å². The highest BCUT2D eigenvalue weighted by atomic mass is 19.1. The molecular weight excluding hydrogens is 365 g/mol. The lowest BCUT2D eigenvalue weighted by molar-refractivity contribution is 0.158. The van der Waals surface area contributed by atoms with Crippen LogP contribution in [0.15, 0.2) is 42.9 Å². The molecule has 29 heavy (non-hydrogen) atoms. The maximum absolute atomic E-state index is 14.8. The van der Waals surface area contributed by atoms with Crippen LogP contribution in [0.2, 0.25) is 0 Å². The normalized spacial score (nSPS) is 14.0. The molecule has 0 spiro atoms. The van der Waals surface area contributed by atoms with E-state index in [-0.39, 0.29) is 6.54 Å². The fraction of sp³-hybridized carbons (Fsp3) is 0.391. The van der Waals surface area contributed by atoms with Crippen LogP contribution in [-0.2, 0) is 0 Å². The average Bonchev–Trinajstić information content (AvgIpc) is 2.74. The summed E-state index contributed by atoms with van der Waals surface area (Å²) in [5.41, 5.74) is 4.31. The Morgan fingerprint density at radius 1 is 1.14 bits per heavy atom. The largest absolute Gasteiger partial charge is 0.351 e. The molecule has 0 aliphatic heterocycles. The molecule has 1 N–H and O–H groups in total. The number of halogens is 1. The van der Waals surface area contributed by atoms with Gasteiger partial charge in [0.05, 0.1) is 23.3 Å². The highest BCUT2D eigenvalue weighted by Gasteiger charge is 2.26. The number of allylic oxidation sites excluding steroid dienone is 1. The number of alkyl halides is 1. The number of anilines is 1. The first-order valence-corrected chi connectivity index (χ1v) is 10.1. The van der Waals surface area contributed by atoms with Gasteiger partial charge in [-0.25, -0.2) is 14.4 Å². The summed E-state index contributed by atoms with van der Waals surface area (Å²) < 4.78 is 14.8. The molecule has 1 atom stereocenters. The summed E-state index contributed by atoms with van der Waals surface area (Å²) in [6.07, 6.45) is 9.03. The first-order valence-electron chi connectivity index (χ1n) is 10.1. The van der Waals surface area contributed by atoms with Crippen molar-refractivity contribution in [3.05, 3.63) is 59.7 Å². The van der Waals surface area contributed by atoms with Crippen LogP contribution in [0.4, 0.5) is 10.3 Å². The second-order valence-corrected chi connectivity index (χ2v) is 7.26. The maximum atomic E-state index is 14.8. The number of fused-ring (bicyclic) bond motifs is 1. The van der Waals surface area contributed by atoms with Gasteiger partial charge in [-0.05, 0) is 50.0 Å². The molecule has 3 rings (SSSR count). The van der Waals surface area contributed by atoms with Crippen molar-refractivity contribution in [1.82, 2.24) is 19.9 Å². The van der Waals surface area contributed by atoms with E-state index in [1.54, 1.807) is 18.6 Å². The Bertz CT molecular complexity index is 1020. The van der Waals surface area contributed by atoms with Crippen LogP contribution in [0.5, 0.6) is 0 Å². The molecule has 0 bridgehead atoms. The van der Waals surface area contributed by atoms with Crippen LogP contribution in [0, 0.1) is 6.92 Å². The van der Waals surface area contributed by atoms with E-state index in [0.29, 0.717) is 18.8 Å². The Morgan fingerprint density at radius 3 is 2.55 bits per heavy atom. The third kappa shape index (κ3) is 4.75. The zero-order chi connectivity index (χ0) is 20.9. The summed E-state index contributed by atoms with van der Waals surface area (Å²) in [6, 6.07) is 6.01. The Labute approximate surface area is 171 Å². The summed E-state index contributed by atoms with van der Waals surface area (Å²) in [4.78, 5) is 17.7. The monoisotopic (exact) mass is 393 g/mol. The number of nitrogens with one attached hydrogen (secondary N) is 1. The number of hydrogen-bond donors (Lipinski definition) is 1. The van der Waals surface area contributed by atoms with Crippen LogP contribution in [0.25, 0.3) is 16.6 Å². The molecule has 5 nitrogen and oxygen atoms in total. The Morgan fingerprint density at radius 2 is 1.90 bits per heavy atom. The van der Waals surface area contributed by atoms with Gasteiger partial charge in [0.2, 0.25) is 5.95 Å². The number of hydrogen-bond acceptors (Lipinski definition) is 5. The van der Waals surface area contributed by atoms with E-state index >= 15 is 0 Å². The first-order chi connectivity index (χ1) is 14.0. The summed E-state index contributed by atoms with van der Waals surface area (Å²) in [6.45, 7) is 8.03. The van der Waals surface area contributed by atoms with Gasteiger partial charge in [0.25, 0.3) is 0 Å². The number of aryl methyl sites for hydroxylation is 1. The smallest absolute Gasteiger partial charge is 0.222 e. The maximum Gasteiger partial charge on any atom is 0.222 e. The topological polar surface area (TPSA) is 63.6 Å². The summed E-state index contributed by atoms with van der Waals surface area (Å²) in [7, 11) is 0. The van der Waals surface area contributed by atoms with Crippen molar-refractivity contribution >= 4 is 22.6 Å². The standard InChI is InChI=1S/C23H28FN5/c1-5-10-23(24,7-3)15-28-22-27-14-19(16(4)29-22)18(6-2)17-8-9-20-21(13-17)26-12-11-25-20/h6,8-9,11-14H,5,7,10,15H2,1-4H3,(H,27,28,29)/b18-6-. The first kappa shape index (κ1) is 20.8. The molecule has 0 fully saturated rings. The molecule has 2 heterocycles. The van der Waals surface area contributed by atoms with Gasteiger partial charge in [0, 0.05) is 24.2 Å². The van der Waals surface area contributed by atoms with E-state index < -0.39 is 5.67 Å². The zero-order valence-electron chi connectivity index (χ0n) is 17.5. The summed E-state index contributed by atoms with van der Waals surface area (Å²) in [5.74, 6) is 0.456. The number of benzene rings is 1. The summed E-state index contributed by atoms with van der Waals surface area (Å²) >= 11 is 0. The van der Waals surface area contributed by atoms with Crippen LogP contribution in [0.1, 0.15) is 56.9 Å². The SMILES string of the molecule is C/C=C(/c1ccc2nccnc2c1)c1cnc(NCC(F)(CC)CCC)nc1C. The van der Waals surface area contributed by atoms with Crippen molar-refractivity contribution in [3.63, 3.8) is 0 Å². The van der Waals surface area contributed by atoms with E-state index in [1.807, 2.05) is 52.0 Å². The second kappa shape index (κ2) is 9.07. The van der Waals surface area contributed by atoms with Gasteiger partial charge < -0.3 is 5.32 Å². The van der Waals surface area contributed by atoms with E-state index in [2.05, 4.69) is 25.3 Å². The van der Waals surface area contributed by atoms with Gasteiger partial charge in [0.1, 0.15) is 5.67 Å². The van der Waals surface area contributed by atoms with Gasteiger partial charge in [-0.15, -0.1) is 0 Å². The van der Waals surface area contributed by atoms with E-state index in [1.165, 1.54) is 0 Å². The Kier molecular flexibility index (Phi) is 6.52. The lowest BCUT2D eigenvalue weighted by Gasteiger charge is -2.23. The second-order valence-electron chi connectivity index (χ2n) is 7.26. The van der Waals surface area contributed by atoms with Crippen molar-refractivity contribution in [2.75, 3.05) is 11.9 Å². The molecular formula is C23H28FN5. The zero-order valence-corrected chi connectivity index (χ0v) is 17.5. The van der Waals surface area contributed by atoms with Crippen LogP contribution in [0.3, 0.4) is 0 Å². The fourth-order valence-corrected chi connectivity index (χ4v) is 3.50. The molecule has 0 amide bonds. The lowest BCUT2D eigenvalue weighted by Crippen LogP contribution is -2.32. The molecule has 0 radical (unpaired) electrons. The third-order valence-electron chi connectivity index (χ3n) is 5.23. The van der Waals surface area contributed by atoms with Crippen molar-refractivity contribution in [2.24, 2.45) is 0 Å². The minimum absolute atomic E-state index is 0.218. The van der Waals surface area contributed by atoms with Gasteiger partial charge in [-0.3, -0.25) is 9.97 Å². The number of rotatable bonds is 8. The van der Waals surface area contributed by atoms with Crippen LogP contribution in [-0.4, -0.2) is 32.1 Å². The highest BCUT2D eigenvalue weighted by Crippen LogP contribution is 2.28. The third-order valence-corrected chi connectivity index (χ3v) is 5.23. The Hall–Kier alpha value is -2.89. The van der Waals surface area contributed by atoms with Gasteiger partial charge in [-0.2, -0.15) is 0 Å². The summed E-state index contributed by atoms with van der Waals surface area (Å²) in [5, 5.41) is 3.07. The predicted molar refractivity (Wildman–Crippen MR) is 117 cm³/mol. The quantitative estimate of drug-likeness (QED) is 0.547. The molecule has 1 aromatic carbocycles. The van der Waals surface area contributed by atoms with Gasteiger partial charge in [-0.1, -0.05) is 32.4 Å². The predicted octanol–water partition coefficient (Wildman–Crippen LogP) is 5.51. The molecule has 3 aromatic rings. The minimum atomic E-state index is -1.23. The van der Waals surface area contributed by atoms with E-state index in [9.17, 15) is 4.39 Å². The molecule has 1 unspecified atom stereocenters. The van der Waals surface area contributed by atoms with Gasteiger partial charge in [0.15, 0.2) is 0 Å². The van der Waals surface area contributed by atoms with Crippen LogP contribution >= 0.6 is 0 Å². The molecule has 0 saturated carbocycles. The molecule has 0 aliphatic carbocycles.